The first-order chi connectivity index (χ1) is 7.15. The average molecular weight is 211 g/mol. The van der Waals surface area contributed by atoms with Gasteiger partial charge in [-0.1, -0.05) is 19.9 Å². The lowest BCUT2D eigenvalue weighted by atomic mass is 9.84. The lowest BCUT2D eigenvalue weighted by molar-refractivity contribution is 0.386. The summed E-state index contributed by atoms with van der Waals surface area (Å²) in [5, 5.41) is 3.33. The minimum atomic E-state index is -0.739. The van der Waals surface area contributed by atoms with Crippen LogP contribution in [-0.4, -0.2) is 6.04 Å². The third-order valence-electron chi connectivity index (χ3n) is 3.28. The Balaban J connectivity index is 2.49. The summed E-state index contributed by atoms with van der Waals surface area (Å²) in [4.78, 5) is 0. The van der Waals surface area contributed by atoms with Crippen LogP contribution in [0.3, 0.4) is 0 Å². The summed E-state index contributed by atoms with van der Waals surface area (Å²) >= 11 is 0. The van der Waals surface area contributed by atoms with Crippen LogP contribution in [0.5, 0.6) is 0 Å². The molecule has 1 aliphatic heterocycles. The minimum absolute atomic E-state index is 0.0365. The highest BCUT2D eigenvalue weighted by atomic mass is 19.2. The highest BCUT2D eigenvalue weighted by Gasteiger charge is 2.28. The zero-order chi connectivity index (χ0) is 11.0. The molecule has 1 aromatic rings. The van der Waals surface area contributed by atoms with Crippen molar-refractivity contribution in [3.63, 3.8) is 0 Å². The Labute approximate surface area is 88.5 Å². The van der Waals surface area contributed by atoms with E-state index in [2.05, 4.69) is 12.2 Å². The minimum Gasteiger partial charge on any atom is -0.309 e. The van der Waals surface area contributed by atoms with Crippen LogP contribution >= 0.6 is 0 Å². The fraction of sp³-hybridized carbons (Fsp3) is 0.500. The smallest absolute Gasteiger partial charge is 0.162 e. The molecule has 0 spiro atoms. The van der Waals surface area contributed by atoms with Gasteiger partial charge in [-0.25, -0.2) is 8.78 Å². The molecule has 1 N–H and O–H groups in total. The Hall–Kier alpha value is -0.960. The van der Waals surface area contributed by atoms with Crippen LogP contribution in [0.2, 0.25) is 0 Å². The van der Waals surface area contributed by atoms with Gasteiger partial charge in [-0.3, -0.25) is 0 Å². The van der Waals surface area contributed by atoms with E-state index in [-0.39, 0.29) is 12.0 Å². The Morgan fingerprint density at radius 3 is 2.80 bits per heavy atom. The average Bonchev–Trinajstić information content (AvgIpc) is 2.24. The second-order valence-electron chi connectivity index (χ2n) is 4.12. The second-order valence-corrected chi connectivity index (χ2v) is 4.12. The van der Waals surface area contributed by atoms with Crippen molar-refractivity contribution in [2.24, 2.45) is 0 Å². The number of hydrogen-bond acceptors (Lipinski definition) is 1. The Bertz CT molecular complexity index is 376. The van der Waals surface area contributed by atoms with Crippen LogP contribution in [0.25, 0.3) is 0 Å². The molecule has 0 aromatic heterocycles. The maximum atomic E-state index is 13.6. The second kappa shape index (κ2) is 3.89. The van der Waals surface area contributed by atoms with Crippen molar-refractivity contribution >= 4 is 0 Å². The summed E-state index contributed by atoms with van der Waals surface area (Å²) in [7, 11) is 0. The zero-order valence-corrected chi connectivity index (χ0v) is 8.98. The number of halogens is 2. The molecule has 0 fully saturated rings. The fourth-order valence-corrected chi connectivity index (χ4v) is 2.37. The molecule has 1 heterocycles. The first-order valence-electron chi connectivity index (χ1n) is 5.35. The summed E-state index contributed by atoms with van der Waals surface area (Å²) in [6.07, 6.45) is 0.927. The first kappa shape index (κ1) is 10.6. The van der Waals surface area contributed by atoms with Crippen LogP contribution in [0, 0.1) is 11.6 Å². The molecule has 3 heteroatoms. The van der Waals surface area contributed by atoms with Crippen molar-refractivity contribution < 1.29 is 8.78 Å². The Morgan fingerprint density at radius 2 is 2.13 bits per heavy atom. The normalized spacial score (nSPS) is 25.1. The van der Waals surface area contributed by atoms with Crippen LogP contribution in [0.4, 0.5) is 8.78 Å². The summed E-state index contributed by atoms with van der Waals surface area (Å²) < 4.78 is 26.8. The fourth-order valence-electron chi connectivity index (χ4n) is 2.37. The van der Waals surface area contributed by atoms with Crippen LogP contribution < -0.4 is 5.32 Å². The molecular formula is C12H15F2N. The van der Waals surface area contributed by atoms with E-state index in [0.717, 1.165) is 12.0 Å². The van der Waals surface area contributed by atoms with Crippen LogP contribution in [0.1, 0.15) is 37.3 Å². The van der Waals surface area contributed by atoms with Gasteiger partial charge in [0.2, 0.25) is 0 Å². The van der Waals surface area contributed by atoms with Crippen LogP contribution in [0.15, 0.2) is 12.1 Å². The monoisotopic (exact) mass is 211 g/mol. The van der Waals surface area contributed by atoms with E-state index >= 15 is 0 Å². The van der Waals surface area contributed by atoms with E-state index < -0.39 is 11.6 Å². The van der Waals surface area contributed by atoms with Gasteiger partial charge in [0.25, 0.3) is 0 Å². The van der Waals surface area contributed by atoms with Gasteiger partial charge >= 0.3 is 0 Å². The molecule has 2 atom stereocenters. The number of nitrogens with one attached hydrogen (secondary N) is 1. The van der Waals surface area contributed by atoms with E-state index in [0.29, 0.717) is 12.1 Å². The molecular weight excluding hydrogens is 196 g/mol. The maximum absolute atomic E-state index is 13.6. The van der Waals surface area contributed by atoms with Gasteiger partial charge in [-0.05, 0) is 29.5 Å². The zero-order valence-electron chi connectivity index (χ0n) is 8.98. The van der Waals surface area contributed by atoms with Crippen molar-refractivity contribution in [3.8, 4) is 0 Å². The largest absolute Gasteiger partial charge is 0.309 e. The highest BCUT2D eigenvalue weighted by molar-refractivity contribution is 5.35. The molecule has 1 aromatic carbocycles. The quantitative estimate of drug-likeness (QED) is 0.753. The molecule has 82 valence electrons. The first-order valence-corrected chi connectivity index (χ1v) is 5.35. The Morgan fingerprint density at radius 1 is 1.40 bits per heavy atom. The lowest BCUT2D eigenvalue weighted by Crippen LogP contribution is -2.38. The van der Waals surface area contributed by atoms with E-state index in [1.54, 1.807) is 6.07 Å². The molecule has 0 radical (unpaired) electrons. The summed E-state index contributed by atoms with van der Waals surface area (Å²) in [6, 6.07) is 3.12. The Kier molecular flexibility index (Phi) is 2.74. The molecule has 0 bridgehead atoms. The predicted molar refractivity (Wildman–Crippen MR) is 55.7 cm³/mol. The van der Waals surface area contributed by atoms with E-state index in [9.17, 15) is 8.78 Å². The molecule has 0 aliphatic carbocycles. The van der Waals surface area contributed by atoms with E-state index in [1.165, 1.54) is 6.07 Å². The van der Waals surface area contributed by atoms with Gasteiger partial charge < -0.3 is 5.32 Å². The summed E-state index contributed by atoms with van der Waals surface area (Å²) in [5.74, 6) is -1.37. The molecule has 1 aliphatic rings. The maximum Gasteiger partial charge on any atom is 0.162 e. The van der Waals surface area contributed by atoms with Crippen molar-refractivity contribution in [2.75, 3.05) is 0 Å². The van der Waals surface area contributed by atoms with Gasteiger partial charge in [0.1, 0.15) is 0 Å². The van der Waals surface area contributed by atoms with Gasteiger partial charge in [-0.15, -0.1) is 0 Å². The molecule has 0 saturated heterocycles. The summed E-state index contributed by atoms with van der Waals surface area (Å²) in [5.41, 5.74) is 1.44. The van der Waals surface area contributed by atoms with Gasteiger partial charge in [0.05, 0.1) is 0 Å². The SMILES string of the molecule is CCC1NCc2ccc(F)c(F)c2C1C. The topological polar surface area (TPSA) is 12.0 Å². The molecule has 0 saturated carbocycles. The molecule has 0 amide bonds. The van der Waals surface area contributed by atoms with Crippen molar-refractivity contribution in [1.29, 1.82) is 0 Å². The van der Waals surface area contributed by atoms with Crippen molar-refractivity contribution in [1.82, 2.24) is 5.32 Å². The molecule has 1 nitrogen and oxygen atoms in total. The van der Waals surface area contributed by atoms with Gasteiger partial charge in [0, 0.05) is 12.6 Å². The molecule has 2 rings (SSSR count). The standard InChI is InChI=1S/C12H15F2N/c1-3-10-7(2)11-8(6-15-10)4-5-9(13)12(11)14/h4-5,7,10,15H,3,6H2,1-2H3. The number of fused-ring (bicyclic) bond motifs is 1. The van der Waals surface area contributed by atoms with Crippen molar-refractivity contribution in [2.45, 2.75) is 38.8 Å². The van der Waals surface area contributed by atoms with Crippen LogP contribution in [-0.2, 0) is 6.54 Å². The third-order valence-corrected chi connectivity index (χ3v) is 3.28. The van der Waals surface area contributed by atoms with E-state index in [4.69, 9.17) is 0 Å². The number of benzene rings is 1. The van der Waals surface area contributed by atoms with Gasteiger partial charge in [-0.2, -0.15) is 0 Å². The van der Waals surface area contributed by atoms with E-state index in [1.807, 2.05) is 6.92 Å². The molecule has 2 unspecified atom stereocenters. The number of rotatable bonds is 1. The van der Waals surface area contributed by atoms with Gasteiger partial charge in [0.15, 0.2) is 11.6 Å². The highest BCUT2D eigenvalue weighted by Crippen LogP contribution is 2.32. The predicted octanol–water partition coefficient (Wildman–Crippen LogP) is 2.95. The third kappa shape index (κ3) is 1.65. The lowest BCUT2D eigenvalue weighted by Gasteiger charge is -2.32. The summed E-state index contributed by atoms with van der Waals surface area (Å²) in [6.45, 7) is 4.63. The number of hydrogen-bond donors (Lipinski definition) is 1. The van der Waals surface area contributed by atoms with Crippen molar-refractivity contribution in [3.05, 3.63) is 34.9 Å². The molecule has 15 heavy (non-hydrogen) atoms.